The SMILES string of the molecule is [B]C([B])(c1ccc(CNc2cccc(C=O)c2CN(C)C(O)(CCC=O)C(=O)NC)c(F)c1)N1CC(C)OC(C)C1. The van der Waals surface area contributed by atoms with Crippen molar-refractivity contribution in [2.24, 2.45) is 0 Å². The van der Waals surface area contributed by atoms with Gasteiger partial charge in [-0.05, 0) is 49.5 Å². The van der Waals surface area contributed by atoms with Crippen LogP contribution >= 0.6 is 0 Å². The highest BCUT2D eigenvalue weighted by atomic mass is 19.1. The molecule has 1 heterocycles. The van der Waals surface area contributed by atoms with Crippen LogP contribution in [0.5, 0.6) is 0 Å². The Morgan fingerprint density at radius 3 is 2.49 bits per heavy atom. The fraction of sp³-hybridized carbons (Fsp3) is 0.483. The van der Waals surface area contributed by atoms with E-state index in [0.717, 1.165) is 0 Å². The van der Waals surface area contributed by atoms with Crippen LogP contribution in [0.2, 0.25) is 0 Å². The van der Waals surface area contributed by atoms with Gasteiger partial charge in [-0.25, -0.2) is 4.39 Å². The molecule has 0 aliphatic carbocycles. The number of morpholine rings is 1. The molecule has 3 unspecified atom stereocenters. The van der Waals surface area contributed by atoms with Crippen molar-refractivity contribution in [1.29, 1.82) is 0 Å². The molecule has 216 valence electrons. The number of carbonyl (C=O) groups is 3. The first-order valence-corrected chi connectivity index (χ1v) is 13.5. The molecule has 9 nitrogen and oxygen atoms in total. The fourth-order valence-electron chi connectivity index (χ4n) is 5.16. The molecule has 2 aromatic carbocycles. The van der Waals surface area contributed by atoms with E-state index < -0.39 is 22.8 Å². The van der Waals surface area contributed by atoms with Crippen LogP contribution in [0, 0.1) is 5.82 Å². The summed E-state index contributed by atoms with van der Waals surface area (Å²) in [5.74, 6) is -1.18. The zero-order chi connectivity index (χ0) is 30.4. The van der Waals surface area contributed by atoms with E-state index in [9.17, 15) is 19.5 Å². The summed E-state index contributed by atoms with van der Waals surface area (Å²) in [5.41, 5.74) is 0.123. The number of halogens is 1. The lowest BCUT2D eigenvalue weighted by Gasteiger charge is -2.46. The van der Waals surface area contributed by atoms with E-state index in [2.05, 4.69) is 10.6 Å². The zero-order valence-electron chi connectivity index (χ0n) is 24.0. The molecule has 1 saturated heterocycles. The number of hydrogen-bond acceptors (Lipinski definition) is 8. The fourth-order valence-corrected chi connectivity index (χ4v) is 5.16. The van der Waals surface area contributed by atoms with Gasteiger partial charge in [-0.3, -0.25) is 14.5 Å². The monoisotopic (exact) mass is 562 g/mol. The molecule has 3 N–H and O–H groups in total. The minimum atomic E-state index is -1.99. The molecule has 0 spiro atoms. The molecule has 0 aromatic heterocycles. The molecule has 1 fully saturated rings. The van der Waals surface area contributed by atoms with Gasteiger partial charge in [0.1, 0.15) is 18.4 Å². The summed E-state index contributed by atoms with van der Waals surface area (Å²) in [6, 6.07) is 9.63. The smallest absolute Gasteiger partial charge is 0.267 e. The van der Waals surface area contributed by atoms with Gasteiger partial charge >= 0.3 is 0 Å². The highest BCUT2D eigenvalue weighted by molar-refractivity contribution is 6.39. The number of hydrogen-bond donors (Lipinski definition) is 3. The molecule has 0 bridgehead atoms. The number of rotatable bonds is 13. The number of aliphatic hydroxyl groups is 1. The van der Waals surface area contributed by atoms with E-state index in [1.165, 1.54) is 25.1 Å². The van der Waals surface area contributed by atoms with Gasteiger partial charge < -0.3 is 30.2 Å². The van der Waals surface area contributed by atoms with Crippen molar-refractivity contribution in [2.75, 3.05) is 32.5 Å². The lowest BCUT2D eigenvalue weighted by atomic mass is 9.56. The number of nitrogens with zero attached hydrogens (tertiary/aromatic N) is 2. The Kier molecular flexibility index (Phi) is 10.9. The molecule has 3 atom stereocenters. The number of nitrogens with one attached hydrogen (secondary N) is 2. The van der Waals surface area contributed by atoms with Crippen molar-refractivity contribution >= 4 is 39.9 Å². The standard InChI is InChI=1S/C29H37B2FN4O5/c1-19-15-36(16-20(2)41-19)29(30,31)23-10-9-21(25(32)13-23)14-34-26-8-5-7-22(18-38)24(26)17-35(4)28(40,11-6-12-37)27(39)33-3/h5,7-10,12-13,18-20,34,40H,6,11,14-17H2,1-4H3,(H,33,39). The number of likely N-dealkylation sites (N-methyl/N-ethyl adjacent to an activating group) is 2. The van der Waals surface area contributed by atoms with Crippen molar-refractivity contribution in [3.63, 3.8) is 0 Å². The van der Waals surface area contributed by atoms with Gasteiger partial charge in [0, 0.05) is 62.9 Å². The van der Waals surface area contributed by atoms with Gasteiger partial charge in [0.15, 0.2) is 5.72 Å². The van der Waals surface area contributed by atoms with Gasteiger partial charge in [-0.1, -0.05) is 24.3 Å². The Balaban J connectivity index is 1.82. The molecule has 41 heavy (non-hydrogen) atoms. The van der Waals surface area contributed by atoms with Crippen molar-refractivity contribution in [3.05, 3.63) is 64.5 Å². The van der Waals surface area contributed by atoms with Gasteiger partial charge in [0.25, 0.3) is 5.91 Å². The molecule has 0 saturated carbocycles. The molecule has 1 aliphatic rings. The summed E-state index contributed by atoms with van der Waals surface area (Å²) in [7, 11) is 15.9. The number of carbonyl (C=O) groups excluding carboxylic acids is 3. The Morgan fingerprint density at radius 1 is 1.22 bits per heavy atom. The summed E-state index contributed by atoms with van der Waals surface area (Å²) in [6.07, 6.45) is 0.985. The largest absolute Gasteiger partial charge is 0.381 e. The Hall–Kier alpha value is -3.05. The first kappa shape index (κ1) is 32.5. The average Bonchev–Trinajstić information content (AvgIpc) is 2.94. The minimum absolute atomic E-state index is 0.0132. The van der Waals surface area contributed by atoms with Crippen LogP contribution in [0.15, 0.2) is 36.4 Å². The highest BCUT2D eigenvalue weighted by Crippen LogP contribution is 2.29. The van der Waals surface area contributed by atoms with Crippen LogP contribution in [0.25, 0.3) is 0 Å². The summed E-state index contributed by atoms with van der Waals surface area (Å²) >= 11 is 0. The number of benzene rings is 2. The second-order valence-electron chi connectivity index (χ2n) is 10.6. The van der Waals surface area contributed by atoms with E-state index >= 15 is 4.39 Å². The molecule has 3 rings (SSSR count). The lowest BCUT2D eigenvalue weighted by molar-refractivity contribution is -0.163. The maximum Gasteiger partial charge on any atom is 0.267 e. The number of aldehydes is 2. The summed E-state index contributed by atoms with van der Waals surface area (Å²) in [4.78, 5) is 38.6. The van der Waals surface area contributed by atoms with E-state index in [1.807, 2.05) is 18.7 Å². The first-order chi connectivity index (χ1) is 19.4. The second-order valence-corrected chi connectivity index (χ2v) is 10.6. The summed E-state index contributed by atoms with van der Waals surface area (Å²) in [5, 5.41) is 15.3. The van der Waals surface area contributed by atoms with Crippen molar-refractivity contribution in [3.8, 4) is 0 Å². The Bertz CT molecular complexity index is 1240. The topological polar surface area (TPSA) is 111 Å². The minimum Gasteiger partial charge on any atom is -0.381 e. The van der Waals surface area contributed by atoms with Crippen LogP contribution < -0.4 is 10.6 Å². The molecule has 4 radical (unpaired) electrons. The summed E-state index contributed by atoms with van der Waals surface area (Å²) < 4.78 is 21.1. The van der Waals surface area contributed by atoms with Crippen LogP contribution in [-0.2, 0) is 32.8 Å². The van der Waals surface area contributed by atoms with Crippen LogP contribution in [0.1, 0.15) is 53.7 Å². The molecular formula is C29H37B2FN4O5. The van der Waals surface area contributed by atoms with Crippen molar-refractivity contribution in [1.82, 2.24) is 15.1 Å². The van der Waals surface area contributed by atoms with Crippen molar-refractivity contribution in [2.45, 2.75) is 63.0 Å². The quantitative estimate of drug-likeness (QED) is 0.192. The molecule has 2 aromatic rings. The predicted molar refractivity (Wildman–Crippen MR) is 156 cm³/mol. The van der Waals surface area contributed by atoms with Gasteiger partial charge in [-0.15, -0.1) is 0 Å². The van der Waals surface area contributed by atoms with Gasteiger partial charge in [0.2, 0.25) is 0 Å². The van der Waals surface area contributed by atoms with Crippen LogP contribution in [0.4, 0.5) is 10.1 Å². The highest BCUT2D eigenvalue weighted by Gasteiger charge is 2.39. The van der Waals surface area contributed by atoms with E-state index in [-0.39, 0.29) is 38.1 Å². The average molecular weight is 562 g/mol. The third-order valence-electron chi connectivity index (χ3n) is 7.50. The number of amides is 1. The zero-order valence-corrected chi connectivity index (χ0v) is 24.0. The first-order valence-electron chi connectivity index (χ1n) is 13.5. The van der Waals surface area contributed by atoms with Crippen LogP contribution in [0.3, 0.4) is 0 Å². The molecule has 1 amide bonds. The maximum absolute atomic E-state index is 15.3. The van der Waals surface area contributed by atoms with Gasteiger partial charge in [-0.2, -0.15) is 0 Å². The lowest BCUT2D eigenvalue weighted by Crippen LogP contribution is -2.56. The second kappa shape index (κ2) is 13.7. The number of anilines is 1. The molecule has 12 heteroatoms. The third-order valence-corrected chi connectivity index (χ3v) is 7.50. The van der Waals surface area contributed by atoms with E-state index in [1.54, 1.807) is 30.3 Å². The maximum atomic E-state index is 15.3. The normalized spacial score (nSPS) is 19.4. The number of ether oxygens (including phenoxy) is 1. The molecular weight excluding hydrogens is 525 g/mol. The Labute approximate surface area is 243 Å². The summed E-state index contributed by atoms with van der Waals surface area (Å²) in [6.45, 7) is 4.95. The van der Waals surface area contributed by atoms with Gasteiger partial charge in [0.05, 0.1) is 27.9 Å². The third kappa shape index (κ3) is 7.43. The molecule has 1 aliphatic heterocycles. The van der Waals surface area contributed by atoms with Crippen molar-refractivity contribution < 1.29 is 28.6 Å². The van der Waals surface area contributed by atoms with E-state index in [0.29, 0.717) is 53.6 Å². The van der Waals surface area contributed by atoms with Crippen LogP contribution in [-0.4, -0.2) is 94.2 Å². The Morgan fingerprint density at radius 2 is 1.90 bits per heavy atom. The van der Waals surface area contributed by atoms with E-state index in [4.69, 9.17) is 20.4 Å². The predicted octanol–water partition coefficient (Wildman–Crippen LogP) is 1.65.